The zero-order valence-electron chi connectivity index (χ0n) is 10.0. The fourth-order valence-corrected chi connectivity index (χ4v) is 1.46. The summed E-state index contributed by atoms with van der Waals surface area (Å²) in [4.78, 5) is 25.2. The molecule has 0 aliphatic rings. The molecule has 0 bridgehead atoms. The third kappa shape index (κ3) is 4.48. The van der Waals surface area contributed by atoms with E-state index in [1.54, 1.807) is 20.9 Å². The highest BCUT2D eigenvalue weighted by molar-refractivity contribution is 5.75. The summed E-state index contributed by atoms with van der Waals surface area (Å²) in [6.07, 6.45) is -0.0768. The Labute approximate surface area is 95.5 Å². The van der Waals surface area contributed by atoms with E-state index < -0.39 is 5.97 Å². The number of aliphatic carboxylic acids is 1. The Morgan fingerprint density at radius 3 is 2.31 bits per heavy atom. The molecule has 0 saturated carbocycles. The van der Waals surface area contributed by atoms with Crippen LogP contribution in [-0.4, -0.2) is 64.8 Å². The molecule has 0 saturated heterocycles. The molecule has 0 aromatic rings. The molecule has 94 valence electrons. The van der Waals surface area contributed by atoms with Gasteiger partial charge in [-0.3, -0.25) is 4.79 Å². The van der Waals surface area contributed by atoms with E-state index in [0.29, 0.717) is 6.54 Å². The first-order valence-corrected chi connectivity index (χ1v) is 5.28. The summed E-state index contributed by atoms with van der Waals surface area (Å²) in [5.41, 5.74) is 0. The van der Waals surface area contributed by atoms with Gasteiger partial charge in [-0.25, -0.2) is 4.79 Å². The molecule has 2 N–H and O–H groups in total. The van der Waals surface area contributed by atoms with Gasteiger partial charge in [0.2, 0.25) is 0 Å². The van der Waals surface area contributed by atoms with Gasteiger partial charge in [-0.2, -0.15) is 0 Å². The summed E-state index contributed by atoms with van der Waals surface area (Å²) < 4.78 is 0. The maximum Gasteiger partial charge on any atom is 0.320 e. The highest BCUT2D eigenvalue weighted by Gasteiger charge is 2.22. The quantitative estimate of drug-likeness (QED) is 0.686. The molecule has 1 unspecified atom stereocenters. The van der Waals surface area contributed by atoms with Gasteiger partial charge in [0.25, 0.3) is 0 Å². The highest BCUT2D eigenvalue weighted by atomic mass is 16.4. The minimum Gasteiger partial charge on any atom is -0.481 e. The first-order valence-electron chi connectivity index (χ1n) is 5.28. The van der Waals surface area contributed by atoms with Crippen molar-refractivity contribution >= 4 is 12.0 Å². The molecule has 0 aliphatic heterocycles. The van der Waals surface area contributed by atoms with Crippen LogP contribution in [0.4, 0.5) is 4.79 Å². The molecular formula is C10H20N2O4. The smallest absolute Gasteiger partial charge is 0.320 e. The Morgan fingerprint density at radius 2 is 1.94 bits per heavy atom. The lowest BCUT2D eigenvalue weighted by Gasteiger charge is -2.31. The van der Waals surface area contributed by atoms with Crippen LogP contribution in [0.1, 0.15) is 20.3 Å². The number of hydrogen-bond donors (Lipinski definition) is 2. The second kappa shape index (κ2) is 7.05. The molecule has 0 aromatic carbocycles. The lowest BCUT2D eigenvalue weighted by Crippen LogP contribution is -2.47. The van der Waals surface area contributed by atoms with E-state index in [-0.39, 0.29) is 31.6 Å². The van der Waals surface area contributed by atoms with Crippen LogP contribution in [-0.2, 0) is 4.79 Å². The van der Waals surface area contributed by atoms with Crippen molar-refractivity contribution < 1.29 is 19.8 Å². The third-order valence-corrected chi connectivity index (χ3v) is 2.35. The van der Waals surface area contributed by atoms with E-state index in [1.165, 1.54) is 9.80 Å². The Balaban J connectivity index is 4.46. The standard InChI is InChI=1S/C10H20N2O4/c1-4-12(8(2)7-9(14)15)10(16)11(3)5-6-13/h8,13H,4-7H2,1-3H3,(H,14,15). The van der Waals surface area contributed by atoms with Crippen LogP contribution >= 0.6 is 0 Å². The van der Waals surface area contributed by atoms with Gasteiger partial charge in [-0.15, -0.1) is 0 Å². The molecule has 1 atom stereocenters. The molecule has 0 radical (unpaired) electrons. The number of urea groups is 1. The molecule has 6 heteroatoms. The zero-order valence-corrected chi connectivity index (χ0v) is 10.0. The highest BCUT2D eigenvalue weighted by Crippen LogP contribution is 2.07. The van der Waals surface area contributed by atoms with E-state index in [2.05, 4.69) is 0 Å². The molecule has 0 aliphatic carbocycles. The van der Waals surface area contributed by atoms with Gasteiger partial charge in [-0.1, -0.05) is 0 Å². The van der Waals surface area contributed by atoms with Gasteiger partial charge in [0, 0.05) is 26.2 Å². The second-order valence-electron chi connectivity index (χ2n) is 3.66. The van der Waals surface area contributed by atoms with Crippen LogP contribution in [0.2, 0.25) is 0 Å². The molecule has 0 spiro atoms. The monoisotopic (exact) mass is 232 g/mol. The largest absolute Gasteiger partial charge is 0.481 e. The van der Waals surface area contributed by atoms with Crippen LogP contribution < -0.4 is 0 Å². The molecule has 0 rings (SSSR count). The number of rotatable bonds is 6. The van der Waals surface area contributed by atoms with E-state index in [1.807, 2.05) is 0 Å². The van der Waals surface area contributed by atoms with Crippen LogP contribution in [0.15, 0.2) is 0 Å². The fourth-order valence-electron chi connectivity index (χ4n) is 1.46. The number of nitrogens with zero attached hydrogens (tertiary/aromatic N) is 2. The lowest BCUT2D eigenvalue weighted by molar-refractivity contribution is -0.138. The van der Waals surface area contributed by atoms with Gasteiger partial charge in [0.1, 0.15) is 0 Å². The maximum atomic E-state index is 11.8. The molecule has 16 heavy (non-hydrogen) atoms. The first kappa shape index (κ1) is 14.7. The second-order valence-corrected chi connectivity index (χ2v) is 3.66. The summed E-state index contributed by atoms with van der Waals surface area (Å²) in [6.45, 7) is 4.08. The summed E-state index contributed by atoms with van der Waals surface area (Å²) in [6, 6.07) is -0.610. The summed E-state index contributed by atoms with van der Waals surface area (Å²) >= 11 is 0. The zero-order chi connectivity index (χ0) is 12.7. The molecular weight excluding hydrogens is 212 g/mol. The van der Waals surface area contributed by atoms with Crippen LogP contribution in [0.25, 0.3) is 0 Å². The van der Waals surface area contributed by atoms with Crippen molar-refractivity contribution in [1.82, 2.24) is 9.80 Å². The molecule has 0 aromatic heterocycles. The van der Waals surface area contributed by atoms with Crippen LogP contribution in [0.3, 0.4) is 0 Å². The van der Waals surface area contributed by atoms with Crippen molar-refractivity contribution in [1.29, 1.82) is 0 Å². The minimum absolute atomic E-state index is 0.0768. The number of aliphatic hydroxyl groups excluding tert-OH is 1. The molecule has 6 nitrogen and oxygen atoms in total. The maximum absolute atomic E-state index is 11.8. The number of carbonyl (C=O) groups excluding carboxylic acids is 1. The van der Waals surface area contributed by atoms with E-state index >= 15 is 0 Å². The summed E-state index contributed by atoms with van der Waals surface area (Å²) in [5.74, 6) is -0.927. The summed E-state index contributed by atoms with van der Waals surface area (Å²) in [5, 5.41) is 17.4. The van der Waals surface area contributed by atoms with Crippen molar-refractivity contribution in [3.63, 3.8) is 0 Å². The van der Waals surface area contributed by atoms with Crippen LogP contribution in [0, 0.1) is 0 Å². The van der Waals surface area contributed by atoms with Crippen molar-refractivity contribution in [2.45, 2.75) is 26.3 Å². The number of amides is 2. The van der Waals surface area contributed by atoms with Gasteiger partial charge >= 0.3 is 12.0 Å². The van der Waals surface area contributed by atoms with Crippen molar-refractivity contribution in [3.8, 4) is 0 Å². The molecule has 0 fully saturated rings. The predicted octanol–water partition coefficient (Wildman–Crippen LogP) is 0.216. The summed E-state index contributed by atoms with van der Waals surface area (Å²) in [7, 11) is 1.58. The first-order chi connectivity index (χ1) is 7.43. The van der Waals surface area contributed by atoms with E-state index in [0.717, 1.165) is 0 Å². The van der Waals surface area contributed by atoms with E-state index in [4.69, 9.17) is 10.2 Å². The van der Waals surface area contributed by atoms with Crippen molar-refractivity contribution in [3.05, 3.63) is 0 Å². The van der Waals surface area contributed by atoms with Crippen molar-refractivity contribution in [2.24, 2.45) is 0 Å². The molecule has 0 heterocycles. The Kier molecular flexibility index (Phi) is 6.48. The van der Waals surface area contributed by atoms with Gasteiger partial charge < -0.3 is 20.0 Å². The Hall–Kier alpha value is -1.30. The fraction of sp³-hybridized carbons (Fsp3) is 0.800. The van der Waals surface area contributed by atoms with Gasteiger partial charge in [0.15, 0.2) is 0 Å². The van der Waals surface area contributed by atoms with Gasteiger partial charge in [0.05, 0.1) is 13.0 Å². The van der Waals surface area contributed by atoms with Crippen LogP contribution in [0.5, 0.6) is 0 Å². The normalized spacial score (nSPS) is 12.0. The average molecular weight is 232 g/mol. The number of aliphatic hydroxyl groups is 1. The number of carbonyl (C=O) groups is 2. The predicted molar refractivity (Wildman–Crippen MR) is 59.2 cm³/mol. The number of likely N-dealkylation sites (N-methyl/N-ethyl adjacent to an activating group) is 1. The molecule has 2 amide bonds. The SMILES string of the molecule is CCN(C(=O)N(C)CCO)C(C)CC(=O)O. The average Bonchev–Trinajstić information content (AvgIpc) is 2.17. The van der Waals surface area contributed by atoms with E-state index in [9.17, 15) is 9.59 Å². The number of carboxylic acid groups (broad SMARTS) is 1. The lowest BCUT2D eigenvalue weighted by atomic mass is 10.2. The Bertz CT molecular complexity index is 245. The number of hydrogen-bond acceptors (Lipinski definition) is 3. The third-order valence-electron chi connectivity index (χ3n) is 2.35. The van der Waals surface area contributed by atoms with Gasteiger partial charge in [-0.05, 0) is 13.8 Å². The topological polar surface area (TPSA) is 81.1 Å². The Morgan fingerprint density at radius 1 is 1.38 bits per heavy atom. The number of carboxylic acids is 1. The minimum atomic E-state index is -0.927. The van der Waals surface area contributed by atoms with Crippen molar-refractivity contribution in [2.75, 3.05) is 26.7 Å².